The molecular weight excluding hydrogens is 320 g/mol. The van der Waals surface area contributed by atoms with Crippen LogP contribution in [0.5, 0.6) is 0 Å². The topological polar surface area (TPSA) is 67.9 Å². The fourth-order valence-corrected chi connectivity index (χ4v) is 2.72. The second kappa shape index (κ2) is 9.84. The summed E-state index contributed by atoms with van der Waals surface area (Å²) in [6, 6.07) is 10.2. The number of esters is 1. The Morgan fingerprint density at radius 3 is 2.88 bits per heavy atom. The standard InChI is InChI=1S/C19H26N2O4/c1-3-11-24-15(2)19(23)25-14-18(22)20-12-16-9-10-21(13-16)17-7-5-4-6-8-17/h3-8,15-16H,1,9-14H2,2H3,(H,20,22). The lowest BCUT2D eigenvalue weighted by Crippen LogP contribution is -2.35. The third-order valence-corrected chi connectivity index (χ3v) is 4.14. The van der Waals surface area contributed by atoms with Gasteiger partial charge in [0, 0.05) is 25.3 Å². The smallest absolute Gasteiger partial charge is 0.335 e. The normalized spacial score (nSPS) is 17.8. The van der Waals surface area contributed by atoms with Crippen LogP contribution < -0.4 is 10.2 Å². The number of ether oxygens (including phenoxy) is 2. The summed E-state index contributed by atoms with van der Waals surface area (Å²) < 4.78 is 10.1. The van der Waals surface area contributed by atoms with Gasteiger partial charge in [0.25, 0.3) is 5.91 Å². The zero-order chi connectivity index (χ0) is 18.1. The average Bonchev–Trinajstić information content (AvgIpc) is 3.12. The summed E-state index contributed by atoms with van der Waals surface area (Å²) in [4.78, 5) is 25.8. The molecule has 2 atom stereocenters. The van der Waals surface area contributed by atoms with Gasteiger partial charge in [-0.3, -0.25) is 4.79 Å². The van der Waals surface area contributed by atoms with Crippen LogP contribution in [-0.4, -0.2) is 50.8 Å². The van der Waals surface area contributed by atoms with E-state index in [1.165, 1.54) is 5.69 Å². The fraction of sp³-hybridized carbons (Fsp3) is 0.474. The summed E-state index contributed by atoms with van der Waals surface area (Å²) in [5, 5.41) is 2.83. The Hall–Kier alpha value is -2.34. The lowest BCUT2D eigenvalue weighted by atomic mass is 10.1. The number of anilines is 1. The summed E-state index contributed by atoms with van der Waals surface area (Å²) in [5.74, 6) is -0.440. The Morgan fingerprint density at radius 2 is 2.16 bits per heavy atom. The van der Waals surface area contributed by atoms with E-state index >= 15 is 0 Å². The molecule has 1 saturated heterocycles. The van der Waals surface area contributed by atoms with Crippen molar-refractivity contribution < 1.29 is 19.1 Å². The maximum absolute atomic E-state index is 11.8. The van der Waals surface area contributed by atoms with Crippen molar-refractivity contribution >= 4 is 17.6 Å². The van der Waals surface area contributed by atoms with Gasteiger partial charge in [-0.2, -0.15) is 0 Å². The first-order valence-electron chi connectivity index (χ1n) is 8.56. The largest absolute Gasteiger partial charge is 0.454 e. The number of hydrogen-bond donors (Lipinski definition) is 1. The predicted octanol–water partition coefficient (Wildman–Crippen LogP) is 1.76. The SMILES string of the molecule is C=CCOC(C)C(=O)OCC(=O)NCC1CCN(c2ccccc2)C1. The van der Waals surface area contributed by atoms with Gasteiger partial charge in [0.1, 0.15) is 0 Å². The van der Waals surface area contributed by atoms with E-state index in [1.54, 1.807) is 13.0 Å². The minimum Gasteiger partial charge on any atom is -0.454 e. The number of nitrogens with zero attached hydrogens (tertiary/aromatic N) is 1. The van der Waals surface area contributed by atoms with Crippen LogP contribution in [0.25, 0.3) is 0 Å². The van der Waals surface area contributed by atoms with Crippen LogP contribution in [0.1, 0.15) is 13.3 Å². The molecule has 1 N–H and O–H groups in total. The molecule has 0 saturated carbocycles. The van der Waals surface area contributed by atoms with Crippen LogP contribution in [0.2, 0.25) is 0 Å². The molecule has 1 aromatic rings. The maximum atomic E-state index is 11.8. The number of para-hydroxylation sites is 1. The minimum absolute atomic E-state index is 0.266. The van der Waals surface area contributed by atoms with Crippen molar-refractivity contribution in [3.05, 3.63) is 43.0 Å². The number of benzene rings is 1. The molecule has 1 heterocycles. The minimum atomic E-state index is -0.708. The van der Waals surface area contributed by atoms with Crippen LogP contribution in [0.4, 0.5) is 5.69 Å². The van der Waals surface area contributed by atoms with E-state index in [-0.39, 0.29) is 19.1 Å². The lowest BCUT2D eigenvalue weighted by molar-refractivity contribution is -0.158. The van der Waals surface area contributed by atoms with E-state index in [1.807, 2.05) is 18.2 Å². The van der Waals surface area contributed by atoms with Crippen LogP contribution in [0, 0.1) is 5.92 Å². The Balaban J connectivity index is 1.64. The Labute approximate surface area is 148 Å². The Bertz CT molecular complexity index is 576. The Morgan fingerprint density at radius 1 is 1.40 bits per heavy atom. The zero-order valence-electron chi connectivity index (χ0n) is 14.6. The van der Waals surface area contributed by atoms with Crippen LogP contribution >= 0.6 is 0 Å². The second-order valence-corrected chi connectivity index (χ2v) is 6.11. The highest BCUT2D eigenvalue weighted by molar-refractivity contribution is 5.81. The van der Waals surface area contributed by atoms with Gasteiger partial charge in [-0.1, -0.05) is 24.3 Å². The first-order valence-corrected chi connectivity index (χ1v) is 8.56. The van der Waals surface area contributed by atoms with Crippen molar-refractivity contribution in [2.75, 3.05) is 37.7 Å². The van der Waals surface area contributed by atoms with Gasteiger partial charge in [0.05, 0.1) is 6.61 Å². The molecule has 0 radical (unpaired) electrons. The van der Waals surface area contributed by atoms with Crippen molar-refractivity contribution in [3.8, 4) is 0 Å². The molecule has 1 amide bonds. The zero-order valence-corrected chi connectivity index (χ0v) is 14.6. The number of hydrogen-bond acceptors (Lipinski definition) is 5. The molecule has 0 bridgehead atoms. The van der Waals surface area contributed by atoms with Gasteiger partial charge < -0.3 is 19.7 Å². The number of amides is 1. The molecule has 6 nitrogen and oxygen atoms in total. The molecule has 2 unspecified atom stereocenters. The van der Waals surface area contributed by atoms with Crippen molar-refractivity contribution in [1.29, 1.82) is 0 Å². The molecule has 1 aliphatic rings. The molecule has 6 heteroatoms. The van der Waals surface area contributed by atoms with Gasteiger partial charge in [-0.25, -0.2) is 4.79 Å². The molecule has 136 valence electrons. The van der Waals surface area contributed by atoms with Crippen molar-refractivity contribution in [3.63, 3.8) is 0 Å². The van der Waals surface area contributed by atoms with E-state index in [4.69, 9.17) is 9.47 Å². The van der Waals surface area contributed by atoms with Crippen molar-refractivity contribution in [2.45, 2.75) is 19.4 Å². The molecule has 1 fully saturated rings. The summed E-state index contributed by atoms with van der Waals surface area (Å²) >= 11 is 0. The number of nitrogens with one attached hydrogen (secondary N) is 1. The molecule has 0 aromatic heterocycles. The quantitative estimate of drug-likeness (QED) is 0.545. The summed E-state index contributed by atoms with van der Waals surface area (Å²) in [7, 11) is 0. The van der Waals surface area contributed by atoms with Gasteiger partial charge in [-0.05, 0) is 31.4 Å². The van der Waals surface area contributed by atoms with E-state index in [2.05, 4.69) is 28.9 Å². The lowest BCUT2D eigenvalue weighted by Gasteiger charge is -2.18. The van der Waals surface area contributed by atoms with E-state index in [0.29, 0.717) is 12.5 Å². The highest BCUT2D eigenvalue weighted by Crippen LogP contribution is 2.22. The number of carbonyl (C=O) groups is 2. The molecule has 1 aromatic carbocycles. The molecule has 2 rings (SSSR count). The van der Waals surface area contributed by atoms with Crippen LogP contribution in [-0.2, 0) is 19.1 Å². The summed E-state index contributed by atoms with van der Waals surface area (Å²) in [6.45, 7) is 7.56. The highest BCUT2D eigenvalue weighted by Gasteiger charge is 2.23. The summed E-state index contributed by atoms with van der Waals surface area (Å²) in [6.07, 6.45) is 1.87. The second-order valence-electron chi connectivity index (χ2n) is 6.11. The average molecular weight is 346 g/mol. The monoisotopic (exact) mass is 346 g/mol. The third kappa shape index (κ3) is 6.23. The summed E-state index contributed by atoms with van der Waals surface area (Å²) in [5.41, 5.74) is 1.21. The molecule has 1 aliphatic heterocycles. The van der Waals surface area contributed by atoms with Gasteiger partial charge >= 0.3 is 5.97 Å². The van der Waals surface area contributed by atoms with Gasteiger partial charge in [0.15, 0.2) is 12.7 Å². The van der Waals surface area contributed by atoms with Crippen LogP contribution in [0.3, 0.4) is 0 Å². The van der Waals surface area contributed by atoms with E-state index in [9.17, 15) is 9.59 Å². The Kier molecular flexibility index (Phi) is 7.47. The van der Waals surface area contributed by atoms with Crippen molar-refractivity contribution in [2.24, 2.45) is 5.92 Å². The van der Waals surface area contributed by atoms with Gasteiger partial charge in [-0.15, -0.1) is 6.58 Å². The highest BCUT2D eigenvalue weighted by atomic mass is 16.6. The van der Waals surface area contributed by atoms with Crippen LogP contribution in [0.15, 0.2) is 43.0 Å². The number of rotatable bonds is 9. The molecule has 0 aliphatic carbocycles. The maximum Gasteiger partial charge on any atom is 0.335 e. The molecule has 25 heavy (non-hydrogen) atoms. The van der Waals surface area contributed by atoms with E-state index in [0.717, 1.165) is 19.5 Å². The van der Waals surface area contributed by atoms with Crippen molar-refractivity contribution in [1.82, 2.24) is 5.32 Å². The fourth-order valence-electron chi connectivity index (χ4n) is 2.72. The predicted molar refractivity (Wildman–Crippen MR) is 96.3 cm³/mol. The van der Waals surface area contributed by atoms with E-state index < -0.39 is 12.1 Å². The molecular formula is C19H26N2O4. The number of carbonyl (C=O) groups excluding carboxylic acids is 2. The van der Waals surface area contributed by atoms with Gasteiger partial charge in [0.2, 0.25) is 0 Å². The molecule has 0 spiro atoms. The third-order valence-electron chi connectivity index (χ3n) is 4.14. The first kappa shape index (κ1) is 19.0. The first-order chi connectivity index (χ1) is 12.1.